The van der Waals surface area contributed by atoms with E-state index in [1.807, 2.05) is 24.3 Å². The van der Waals surface area contributed by atoms with E-state index in [-0.39, 0.29) is 0 Å². The third-order valence-electron chi connectivity index (χ3n) is 1.68. The zero-order chi connectivity index (χ0) is 7.68. The molecule has 0 aromatic heterocycles. The summed E-state index contributed by atoms with van der Waals surface area (Å²) in [4.78, 5) is 4.87. The molecular weight excluding hydrogens is 140 g/mol. The molecule has 1 aromatic rings. The smallest absolute Gasteiger partial charge is 0.170 e. The van der Waals surface area contributed by atoms with Crippen molar-refractivity contribution in [1.82, 2.24) is 0 Å². The van der Waals surface area contributed by atoms with Gasteiger partial charge in [0.25, 0.3) is 0 Å². The fourth-order valence-electron chi connectivity index (χ4n) is 1.12. The molecule has 0 saturated heterocycles. The Hall–Kier alpha value is -1.51. The normalized spacial score (nSPS) is 14.7. The highest BCUT2D eigenvalue weighted by atomic mass is 16.6. The summed E-state index contributed by atoms with van der Waals surface area (Å²) in [6.45, 7) is 0.525. The Kier molecular flexibility index (Phi) is 1.28. The van der Waals surface area contributed by atoms with Crippen molar-refractivity contribution in [2.24, 2.45) is 10.9 Å². The third kappa shape index (κ3) is 0.941. The van der Waals surface area contributed by atoms with Crippen molar-refractivity contribution in [2.75, 3.05) is 0 Å². The van der Waals surface area contributed by atoms with Crippen LogP contribution in [0.25, 0.3) is 0 Å². The molecule has 1 aromatic carbocycles. The molecule has 0 aliphatic carbocycles. The molecule has 0 unspecified atom stereocenters. The van der Waals surface area contributed by atoms with Crippen LogP contribution in [-0.2, 0) is 11.4 Å². The predicted octanol–water partition coefficient (Wildman–Crippen LogP) is 0.837. The first-order chi connectivity index (χ1) is 5.38. The molecule has 0 spiro atoms. The summed E-state index contributed by atoms with van der Waals surface area (Å²) in [6, 6.07) is 7.82. The Morgan fingerprint density at radius 1 is 1.36 bits per heavy atom. The molecule has 0 radical (unpaired) electrons. The Labute approximate surface area is 64.5 Å². The van der Waals surface area contributed by atoms with Gasteiger partial charge in [0.15, 0.2) is 5.84 Å². The van der Waals surface area contributed by atoms with E-state index in [2.05, 4.69) is 5.16 Å². The minimum Gasteiger partial charge on any atom is -0.389 e. The van der Waals surface area contributed by atoms with Gasteiger partial charge in [-0.1, -0.05) is 29.4 Å². The standard InChI is InChI=1S/C8H8N2O/c9-8-7-4-2-1-3-6(7)5-11-10-8/h1-4H,5H2,(H2,9,10). The van der Waals surface area contributed by atoms with Crippen molar-refractivity contribution in [3.05, 3.63) is 35.4 Å². The van der Waals surface area contributed by atoms with Crippen LogP contribution in [0.5, 0.6) is 0 Å². The van der Waals surface area contributed by atoms with Gasteiger partial charge in [0, 0.05) is 11.1 Å². The Morgan fingerprint density at radius 3 is 3.00 bits per heavy atom. The van der Waals surface area contributed by atoms with E-state index in [9.17, 15) is 0 Å². The number of hydrogen-bond donors (Lipinski definition) is 1. The van der Waals surface area contributed by atoms with Crippen LogP contribution in [0.1, 0.15) is 11.1 Å². The van der Waals surface area contributed by atoms with Gasteiger partial charge in [0.2, 0.25) is 0 Å². The lowest BCUT2D eigenvalue weighted by atomic mass is 10.1. The van der Waals surface area contributed by atoms with Crippen LogP contribution in [0.4, 0.5) is 0 Å². The number of rotatable bonds is 0. The van der Waals surface area contributed by atoms with E-state index >= 15 is 0 Å². The van der Waals surface area contributed by atoms with Gasteiger partial charge in [-0.3, -0.25) is 0 Å². The molecule has 1 heterocycles. The lowest BCUT2D eigenvalue weighted by molar-refractivity contribution is 0.125. The summed E-state index contributed by atoms with van der Waals surface area (Å²) in [5.74, 6) is 0.465. The number of amidine groups is 1. The van der Waals surface area contributed by atoms with E-state index in [0.29, 0.717) is 12.4 Å². The minimum atomic E-state index is 0.465. The van der Waals surface area contributed by atoms with Crippen molar-refractivity contribution < 1.29 is 4.84 Å². The highest BCUT2D eigenvalue weighted by molar-refractivity contribution is 5.98. The lowest BCUT2D eigenvalue weighted by Crippen LogP contribution is -2.19. The molecule has 0 atom stereocenters. The molecular formula is C8H8N2O. The first-order valence-corrected chi connectivity index (χ1v) is 3.41. The Balaban J connectivity index is 2.56. The maximum absolute atomic E-state index is 5.57. The van der Waals surface area contributed by atoms with E-state index in [1.54, 1.807) is 0 Å². The average molecular weight is 148 g/mol. The molecule has 1 aliphatic heterocycles. The van der Waals surface area contributed by atoms with Crippen molar-refractivity contribution in [3.8, 4) is 0 Å². The highest BCUT2D eigenvalue weighted by Crippen LogP contribution is 2.13. The van der Waals surface area contributed by atoms with E-state index in [0.717, 1.165) is 11.1 Å². The Morgan fingerprint density at radius 2 is 2.18 bits per heavy atom. The number of oxime groups is 1. The van der Waals surface area contributed by atoms with Gasteiger partial charge in [-0.25, -0.2) is 0 Å². The molecule has 0 saturated carbocycles. The molecule has 3 nitrogen and oxygen atoms in total. The minimum absolute atomic E-state index is 0.465. The second-order valence-corrected chi connectivity index (χ2v) is 2.41. The molecule has 3 heteroatoms. The second-order valence-electron chi connectivity index (χ2n) is 2.41. The SMILES string of the molecule is NC1=NOCc2ccccc21. The Bertz CT molecular complexity index is 307. The highest BCUT2D eigenvalue weighted by Gasteiger charge is 2.10. The third-order valence-corrected chi connectivity index (χ3v) is 1.68. The largest absolute Gasteiger partial charge is 0.389 e. The van der Waals surface area contributed by atoms with Crippen LogP contribution in [0.3, 0.4) is 0 Å². The first kappa shape index (κ1) is 6.22. The number of benzene rings is 1. The van der Waals surface area contributed by atoms with Crippen molar-refractivity contribution >= 4 is 5.84 Å². The lowest BCUT2D eigenvalue weighted by Gasteiger charge is -2.12. The summed E-state index contributed by atoms with van der Waals surface area (Å²) in [5.41, 5.74) is 7.65. The molecule has 2 rings (SSSR count). The molecule has 0 amide bonds. The van der Waals surface area contributed by atoms with Gasteiger partial charge >= 0.3 is 0 Å². The van der Waals surface area contributed by atoms with Crippen LogP contribution in [0.15, 0.2) is 29.4 Å². The first-order valence-electron chi connectivity index (χ1n) is 3.41. The summed E-state index contributed by atoms with van der Waals surface area (Å²) < 4.78 is 0. The van der Waals surface area contributed by atoms with E-state index in [1.165, 1.54) is 0 Å². The van der Waals surface area contributed by atoms with Gasteiger partial charge in [0.1, 0.15) is 6.61 Å². The number of nitrogens with zero attached hydrogens (tertiary/aromatic N) is 1. The van der Waals surface area contributed by atoms with Crippen LogP contribution in [-0.4, -0.2) is 5.84 Å². The summed E-state index contributed by atoms with van der Waals surface area (Å²) in [6.07, 6.45) is 0. The summed E-state index contributed by atoms with van der Waals surface area (Å²) >= 11 is 0. The average Bonchev–Trinajstić information content (AvgIpc) is 2.06. The number of nitrogens with two attached hydrogens (primary N) is 1. The fourth-order valence-corrected chi connectivity index (χ4v) is 1.12. The van der Waals surface area contributed by atoms with Crippen LogP contribution in [0, 0.1) is 0 Å². The van der Waals surface area contributed by atoms with Gasteiger partial charge in [-0.2, -0.15) is 0 Å². The van der Waals surface area contributed by atoms with Crippen LogP contribution < -0.4 is 5.73 Å². The topological polar surface area (TPSA) is 47.6 Å². The molecule has 0 fully saturated rings. The molecule has 56 valence electrons. The summed E-state index contributed by atoms with van der Waals surface area (Å²) in [7, 11) is 0. The molecule has 1 aliphatic rings. The predicted molar refractivity (Wildman–Crippen MR) is 42.0 cm³/mol. The number of fused-ring (bicyclic) bond motifs is 1. The van der Waals surface area contributed by atoms with E-state index in [4.69, 9.17) is 10.6 Å². The maximum atomic E-state index is 5.57. The summed E-state index contributed by atoms with van der Waals surface area (Å²) in [5, 5.41) is 3.67. The molecule has 0 bridgehead atoms. The quantitative estimate of drug-likeness (QED) is 0.592. The van der Waals surface area contributed by atoms with E-state index < -0.39 is 0 Å². The monoisotopic (exact) mass is 148 g/mol. The molecule has 2 N–H and O–H groups in total. The van der Waals surface area contributed by atoms with Gasteiger partial charge in [-0.05, 0) is 0 Å². The molecule has 11 heavy (non-hydrogen) atoms. The van der Waals surface area contributed by atoms with Gasteiger partial charge < -0.3 is 10.6 Å². The van der Waals surface area contributed by atoms with Crippen molar-refractivity contribution in [2.45, 2.75) is 6.61 Å². The second kappa shape index (κ2) is 2.27. The maximum Gasteiger partial charge on any atom is 0.170 e. The van der Waals surface area contributed by atoms with Crippen LogP contribution >= 0.6 is 0 Å². The van der Waals surface area contributed by atoms with Crippen LogP contribution in [0.2, 0.25) is 0 Å². The van der Waals surface area contributed by atoms with Gasteiger partial charge in [0.05, 0.1) is 0 Å². The van der Waals surface area contributed by atoms with Crippen molar-refractivity contribution in [1.29, 1.82) is 0 Å². The fraction of sp³-hybridized carbons (Fsp3) is 0.125. The number of hydrogen-bond acceptors (Lipinski definition) is 3. The van der Waals surface area contributed by atoms with Crippen molar-refractivity contribution in [3.63, 3.8) is 0 Å². The zero-order valence-corrected chi connectivity index (χ0v) is 5.95. The van der Waals surface area contributed by atoms with Gasteiger partial charge in [-0.15, -0.1) is 0 Å². The zero-order valence-electron chi connectivity index (χ0n) is 5.95.